The van der Waals surface area contributed by atoms with E-state index in [1.54, 1.807) is 18.4 Å². The Balaban J connectivity index is 1.64. The Morgan fingerprint density at radius 2 is 2.00 bits per heavy atom. The number of carbonyl (C=O) groups is 1. The molecule has 0 fully saturated rings. The van der Waals surface area contributed by atoms with E-state index in [9.17, 15) is 4.79 Å². The zero-order valence-corrected chi connectivity index (χ0v) is 15.6. The largest absolute Gasteiger partial charge is 0.382 e. The van der Waals surface area contributed by atoms with E-state index in [0.29, 0.717) is 26.4 Å². The molecule has 0 spiro atoms. The molecule has 0 atom stereocenters. The second-order valence-corrected chi connectivity index (χ2v) is 7.28. The molecular formula is C19H26N2O3S. The van der Waals surface area contributed by atoms with Crippen LogP contribution < -0.4 is 5.32 Å². The van der Waals surface area contributed by atoms with E-state index >= 15 is 0 Å². The third-order valence-corrected chi connectivity index (χ3v) is 5.71. The molecule has 0 radical (unpaired) electrons. The highest BCUT2D eigenvalue weighted by Crippen LogP contribution is 2.36. The average molecular weight is 362 g/mol. The summed E-state index contributed by atoms with van der Waals surface area (Å²) in [4.78, 5) is 14.2. The lowest BCUT2D eigenvalue weighted by Gasteiger charge is -2.13. The maximum Gasteiger partial charge on any atom is 0.254 e. The number of rotatable bonds is 9. The molecule has 1 N–H and O–H groups in total. The molecule has 1 amide bonds. The van der Waals surface area contributed by atoms with Crippen LogP contribution in [0.2, 0.25) is 0 Å². The van der Waals surface area contributed by atoms with Crippen LogP contribution in [0.1, 0.15) is 40.1 Å². The molecule has 25 heavy (non-hydrogen) atoms. The monoisotopic (exact) mass is 362 g/mol. The van der Waals surface area contributed by atoms with E-state index in [1.165, 1.54) is 23.3 Å². The van der Waals surface area contributed by atoms with Crippen molar-refractivity contribution in [3.8, 4) is 5.00 Å². The molecule has 0 bridgehead atoms. The van der Waals surface area contributed by atoms with Crippen molar-refractivity contribution < 1.29 is 14.3 Å². The van der Waals surface area contributed by atoms with Crippen LogP contribution in [0.15, 0.2) is 24.5 Å². The van der Waals surface area contributed by atoms with Gasteiger partial charge in [-0.1, -0.05) is 0 Å². The fraction of sp³-hybridized carbons (Fsp3) is 0.526. The van der Waals surface area contributed by atoms with Gasteiger partial charge in [-0.15, -0.1) is 11.3 Å². The lowest BCUT2D eigenvalue weighted by Crippen LogP contribution is -2.27. The minimum Gasteiger partial charge on any atom is -0.382 e. The number of thiophene rings is 1. The zero-order chi connectivity index (χ0) is 17.5. The summed E-state index contributed by atoms with van der Waals surface area (Å²) in [6.45, 7) is 2.46. The van der Waals surface area contributed by atoms with Crippen LogP contribution >= 0.6 is 11.3 Å². The average Bonchev–Trinajstić information content (AvgIpc) is 3.28. The molecule has 0 aliphatic heterocycles. The van der Waals surface area contributed by atoms with Gasteiger partial charge in [-0.25, -0.2) is 0 Å². The summed E-state index contributed by atoms with van der Waals surface area (Å²) < 4.78 is 12.4. The number of hydrogen-bond acceptors (Lipinski definition) is 4. The summed E-state index contributed by atoms with van der Waals surface area (Å²) in [5.41, 5.74) is 2.13. The van der Waals surface area contributed by atoms with Crippen LogP contribution in [0.4, 0.5) is 0 Å². The summed E-state index contributed by atoms with van der Waals surface area (Å²) in [5, 5.41) is 4.12. The number of fused-ring (bicyclic) bond motifs is 1. The number of nitrogens with one attached hydrogen (secondary N) is 1. The second-order valence-electron chi connectivity index (χ2n) is 6.20. The highest BCUT2D eigenvalue weighted by atomic mass is 32.1. The van der Waals surface area contributed by atoms with Gasteiger partial charge < -0.3 is 19.4 Å². The molecule has 5 nitrogen and oxygen atoms in total. The summed E-state index contributed by atoms with van der Waals surface area (Å²) in [7, 11) is 1.66. The molecule has 2 aromatic rings. The first-order valence-electron chi connectivity index (χ1n) is 8.94. The van der Waals surface area contributed by atoms with Crippen molar-refractivity contribution in [1.82, 2.24) is 9.88 Å². The molecule has 1 aliphatic carbocycles. The van der Waals surface area contributed by atoms with E-state index in [-0.39, 0.29) is 5.91 Å². The van der Waals surface area contributed by atoms with E-state index in [2.05, 4.69) is 9.88 Å². The van der Waals surface area contributed by atoms with Crippen molar-refractivity contribution in [1.29, 1.82) is 0 Å². The van der Waals surface area contributed by atoms with Crippen LogP contribution in [0, 0.1) is 0 Å². The lowest BCUT2D eigenvalue weighted by atomic mass is 9.95. The van der Waals surface area contributed by atoms with Crippen LogP contribution in [-0.2, 0) is 22.3 Å². The van der Waals surface area contributed by atoms with E-state index in [4.69, 9.17) is 9.47 Å². The van der Waals surface area contributed by atoms with Gasteiger partial charge in [-0.3, -0.25) is 4.79 Å². The molecule has 136 valence electrons. The predicted molar refractivity (Wildman–Crippen MR) is 99.9 cm³/mol. The quantitative estimate of drug-likeness (QED) is 0.697. The molecule has 0 saturated heterocycles. The highest BCUT2D eigenvalue weighted by Gasteiger charge is 2.25. The minimum atomic E-state index is 0.0417. The standard InChI is InChI=1S/C19H26N2O3S/c1-23-13-14-24-12-6-9-20-18(22)17-15-7-2-3-8-16(15)25-19(17)21-10-4-5-11-21/h4-5,10-11H,2-3,6-9,12-14H2,1H3,(H,20,22). The first-order chi connectivity index (χ1) is 12.3. The van der Waals surface area contributed by atoms with Crippen LogP contribution in [0.25, 0.3) is 5.00 Å². The van der Waals surface area contributed by atoms with E-state index in [1.807, 2.05) is 24.5 Å². The number of methoxy groups -OCH3 is 1. The Morgan fingerprint density at radius 3 is 2.80 bits per heavy atom. The fourth-order valence-electron chi connectivity index (χ4n) is 3.15. The molecular weight excluding hydrogens is 336 g/mol. The topological polar surface area (TPSA) is 52.5 Å². The number of aromatic nitrogens is 1. The summed E-state index contributed by atoms with van der Waals surface area (Å²) >= 11 is 1.76. The molecule has 3 rings (SSSR count). The maximum atomic E-state index is 12.9. The van der Waals surface area contributed by atoms with Crippen molar-refractivity contribution in [2.24, 2.45) is 0 Å². The summed E-state index contributed by atoms with van der Waals surface area (Å²) in [6, 6.07) is 4.00. The fourth-order valence-corrected chi connectivity index (χ4v) is 4.50. The number of aryl methyl sites for hydroxylation is 1. The highest BCUT2D eigenvalue weighted by molar-refractivity contribution is 7.15. The van der Waals surface area contributed by atoms with Crippen molar-refractivity contribution in [2.75, 3.05) is 33.5 Å². The summed E-state index contributed by atoms with van der Waals surface area (Å²) in [6.07, 6.45) is 9.32. The SMILES string of the molecule is COCCOCCCNC(=O)c1c(-n2cccc2)sc2c1CCCC2. The first kappa shape index (κ1) is 18.2. The Labute approximate surface area is 152 Å². The van der Waals surface area contributed by atoms with Gasteiger partial charge >= 0.3 is 0 Å². The van der Waals surface area contributed by atoms with Crippen LogP contribution in [0.3, 0.4) is 0 Å². The number of carbonyl (C=O) groups excluding carboxylic acids is 1. The van der Waals surface area contributed by atoms with Gasteiger partial charge in [0.2, 0.25) is 0 Å². The molecule has 2 aromatic heterocycles. The normalized spacial score (nSPS) is 13.6. The van der Waals surface area contributed by atoms with Crippen molar-refractivity contribution in [2.45, 2.75) is 32.1 Å². The van der Waals surface area contributed by atoms with Gasteiger partial charge in [0.25, 0.3) is 5.91 Å². The van der Waals surface area contributed by atoms with Crippen LogP contribution in [0.5, 0.6) is 0 Å². The predicted octanol–water partition coefficient (Wildman–Crippen LogP) is 3.20. The van der Waals surface area contributed by atoms with Gasteiger partial charge in [-0.05, 0) is 49.8 Å². The molecule has 0 aromatic carbocycles. The Kier molecular flexibility index (Phi) is 6.67. The number of amides is 1. The lowest BCUT2D eigenvalue weighted by molar-refractivity contribution is 0.0688. The molecule has 1 aliphatic rings. The van der Waals surface area contributed by atoms with Gasteiger partial charge in [-0.2, -0.15) is 0 Å². The molecule has 0 unspecified atom stereocenters. The third-order valence-electron chi connectivity index (χ3n) is 4.40. The Morgan fingerprint density at radius 1 is 1.20 bits per heavy atom. The number of hydrogen-bond donors (Lipinski definition) is 1. The Hall–Kier alpha value is -1.63. The van der Waals surface area contributed by atoms with E-state index < -0.39 is 0 Å². The summed E-state index contributed by atoms with van der Waals surface area (Å²) in [5.74, 6) is 0.0417. The van der Waals surface area contributed by atoms with Gasteiger partial charge in [0.05, 0.1) is 18.8 Å². The van der Waals surface area contributed by atoms with Crippen molar-refractivity contribution >= 4 is 17.2 Å². The Bertz CT molecular complexity index is 679. The van der Waals surface area contributed by atoms with Gasteiger partial charge in [0, 0.05) is 37.5 Å². The first-order valence-corrected chi connectivity index (χ1v) is 9.75. The van der Waals surface area contributed by atoms with E-state index in [0.717, 1.165) is 29.8 Å². The van der Waals surface area contributed by atoms with Crippen molar-refractivity contribution in [3.05, 3.63) is 40.5 Å². The molecule has 0 saturated carbocycles. The molecule has 2 heterocycles. The number of ether oxygens (including phenoxy) is 2. The number of nitrogens with zero attached hydrogens (tertiary/aromatic N) is 1. The second kappa shape index (κ2) is 9.17. The smallest absolute Gasteiger partial charge is 0.254 e. The van der Waals surface area contributed by atoms with Gasteiger partial charge in [0.1, 0.15) is 5.00 Å². The third kappa shape index (κ3) is 4.51. The van der Waals surface area contributed by atoms with Gasteiger partial charge in [0.15, 0.2) is 0 Å². The van der Waals surface area contributed by atoms with Crippen LogP contribution in [-0.4, -0.2) is 43.9 Å². The zero-order valence-electron chi connectivity index (χ0n) is 14.8. The maximum absolute atomic E-state index is 12.9. The minimum absolute atomic E-state index is 0.0417. The molecule has 6 heteroatoms. The van der Waals surface area contributed by atoms with Crippen molar-refractivity contribution in [3.63, 3.8) is 0 Å².